The Balaban J connectivity index is 0.000000853. The van der Waals surface area contributed by atoms with Crippen LogP contribution in [0, 0.1) is 0 Å². The van der Waals surface area contributed by atoms with Gasteiger partial charge in [-0.15, -0.1) is 0 Å². The van der Waals surface area contributed by atoms with Crippen molar-refractivity contribution in [1.82, 2.24) is 15.0 Å². The predicted molar refractivity (Wildman–Crippen MR) is 50.6 cm³/mol. The van der Waals surface area contributed by atoms with Gasteiger partial charge in [-0.3, -0.25) is 0 Å². The number of rotatable bonds is 1. The van der Waals surface area contributed by atoms with Crippen LogP contribution in [0.4, 0.5) is 0 Å². The van der Waals surface area contributed by atoms with Crippen LogP contribution in [0.5, 0.6) is 0 Å². The monoisotopic (exact) mass is 377 g/mol. The molecule has 0 unspecified atom stereocenters. The van der Waals surface area contributed by atoms with Crippen LogP contribution in [-0.2, 0) is 20.1 Å². The van der Waals surface area contributed by atoms with E-state index in [2.05, 4.69) is 15.0 Å². The van der Waals surface area contributed by atoms with E-state index in [-0.39, 0.29) is 20.1 Å². The third-order valence-electron chi connectivity index (χ3n) is 1.96. The summed E-state index contributed by atoms with van der Waals surface area (Å²) in [6.07, 6.45) is 3.09. The average Bonchev–Trinajstić information content (AvgIpc) is 2.86. The molecule has 0 bridgehead atoms. The number of hydrogen-bond donors (Lipinski definition) is 0. The Labute approximate surface area is 99.1 Å². The van der Waals surface area contributed by atoms with Crippen molar-refractivity contribution in [2.75, 3.05) is 0 Å². The van der Waals surface area contributed by atoms with Crippen molar-refractivity contribution in [3.8, 4) is 11.7 Å². The van der Waals surface area contributed by atoms with Crippen molar-refractivity contribution in [3.63, 3.8) is 0 Å². The number of nitrogens with zero attached hydrogens (tertiary/aromatic N) is 3. The largest absolute Gasteiger partial charge is 0.445 e. The zero-order chi connectivity index (χ0) is 9.38. The van der Waals surface area contributed by atoms with Gasteiger partial charge in [0.1, 0.15) is 6.26 Å². The first-order valence-corrected chi connectivity index (χ1v) is 4.23. The Morgan fingerprint density at radius 1 is 1.20 bits per heavy atom. The Kier molecular flexibility index (Phi) is 2.66. The Hall–Kier alpha value is -1.45. The van der Waals surface area contributed by atoms with Gasteiger partial charge < -0.3 is 14.4 Å². The normalized spacial score (nSPS) is 10.1. The molecule has 2 aromatic heterocycles. The average molecular weight is 376 g/mol. The van der Waals surface area contributed by atoms with Crippen LogP contribution in [-0.4, -0.2) is 9.97 Å². The summed E-state index contributed by atoms with van der Waals surface area (Å²) in [7, 11) is 0. The van der Waals surface area contributed by atoms with E-state index in [1.807, 2.05) is 24.3 Å². The van der Waals surface area contributed by atoms with Crippen molar-refractivity contribution in [3.05, 3.63) is 36.7 Å². The van der Waals surface area contributed by atoms with Crippen LogP contribution in [0.2, 0.25) is 0 Å². The maximum atomic E-state index is 5.11. The summed E-state index contributed by atoms with van der Waals surface area (Å²) >= 11 is 0. The third-order valence-corrected chi connectivity index (χ3v) is 1.96. The van der Waals surface area contributed by atoms with Crippen molar-refractivity contribution < 1.29 is 24.5 Å². The molecule has 3 aromatic rings. The molecule has 0 atom stereocenters. The minimum Gasteiger partial charge on any atom is -0.445 e. The number of para-hydroxylation sites is 2. The summed E-state index contributed by atoms with van der Waals surface area (Å²) in [6, 6.07) is 7.68. The molecule has 0 aliphatic carbocycles. The standard InChI is InChI=1S/C10H6N3O.Ir/c1-2-4-8-7(3-1)12-9(13-8)10-11-5-6-14-10;/h1-6H;/q-1;. The summed E-state index contributed by atoms with van der Waals surface area (Å²) in [5.74, 6) is 0.998. The van der Waals surface area contributed by atoms with E-state index < -0.39 is 0 Å². The van der Waals surface area contributed by atoms with E-state index in [0.717, 1.165) is 11.0 Å². The van der Waals surface area contributed by atoms with Crippen LogP contribution in [0.1, 0.15) is 0 Å². The first-order chi connectivity index (χ1) is 6.93. The van der Waals surface area contributed by atoms with Crippen molar-refractivity contribution in [2.24, 2.45) is 0 Å². The maximum absolute atomic E-state index is 5.11. The number of oxazole rings is 1. The van der Waals surface area contributed by atoms with E-state index in [1.165, 1.54) is 6.26 Å². The van der Waals surface area contributed by atoms with E-state index in [0.29, 0.717) is 11.7 Å². The summed E-state index contributed by atoms with van der Waals surface area (Å²) in [6.45, 7) is 0. The number of hydrogen-bond acceptors (Lipinski definition) is 3. The molecular weight excluding hydrogens is 370 g/mol. The van der Waals surface area contributed by atoms with Gasteiger partial charge in [0.25, 0.3) is 0 Å². The molecule has 5 heteroatoms. The summed E-state index contributed by atoms with van der Waals surface area (Å²) in [5, 5.41) is 0. The van der Waals surface area contributed by atoms with Crippen molar-refractivity contribution >= 4 is 11.0 Å². The number of aromatic nitrogens is 3. The zero-order valence-electron chi connectivity index (χ0n) is 7.55. The van der Waals surface area contributed by atoms with E-state index in [4.69, 9.17) is 4.42 Å². The second-order valence-corrected chi connectivity index (χ2v) is 2.87. The number of benzene rings is 1. The summed E-state index contributed by atoms with van der Waals surface area (Å²) < 4.78 is 5.11. The molecule has 4 nitrogen and oxygen atoms in total. The molecule has 0 amide bonds. The molecular formula is C10H6IrN3O-. The minimum absolute atomic E-state index is 0. The van der Waals surface area contributed by atoms with E-state index in [1.54, 1.807) is 6.20 Å². The second kappa shape index (κ2) is 3.96. The van der Waals surface area contributed by atoms with Crippen molar-refractivity contribution in [1.29, 1.82) is 0 Å². The molecule has 0 aliphatic heterocycles. The van der Waals surface area contributed by atoms with Gasteiger partial charge in [-0.25, -0.2) is 4.98 Å². The molecule has 0 fully saturated rings. The number of fused-ring (bicyclic) bond motifs is 1. The number of imidazole rings is 1. The molecule has 77 valence electrons. The fraction of sp³-hybridized carbons (Fsp3) is 0. The van der Waals surface area contributed by atoms with E-state index >= 15 is 0 Å². The fourth-order valence-corrected chi connectivity index (χ4v) is 1.34. The van der Waals surface area contributed by atoms with Crippen LogP contribution >= 0.6 is 0 Å². The van der Waals surface area contributed by atoms with Gasteiger partial charge in [-0.05, 0) is 11.0 Å². The van der Waals surface area contributed by atoms with Gasteiger partial charge in [0.15, 0.2) is 0 Å². The molecule has 2 heterocycles. The maximum Gasteiger partial charge on any atom is 0.217 e. The topological polar surface area (TPSA) is 53.0 Å². The Morgan fingerprint density at radius 3 is 2.80 bits per heavy atom. The van der Waals surface area contributed by atoms with Gasteiger partial charge in [0.05, 0.1) is 6.20 Å². The van der Waals surface area contributed by atoms with Gasteiger partial charge in [0, 0.05) is 25.9 Å². The van der Waals surface area contributed by atoms with Gasteiger partial charge in [0.2, 0.25) is 5.89 Å². The molecule has 0 aliphatic rings. The van der Waals surface area contributed by atoms with Gasteiger partial charge in [-0.1, -0.05) is 24.3 Å². The molecule has 1 aromatic carbocycles. The molecule has 1 radical (unpaired) electrons. The Morgan fingerprint density at radius 2 is 2.07 bits per heavy atom. The molecule has 0 saturated carbocycles. The van der Waals surface area contributed by atoms with Gasteiger partial charge >= 0.3 is 0 Å². The molecule has 0 saturated heterocycles. The molecule has 0 N–H and O–H groups in total. The SMILES string of the molecule is [Ir].c1ccc2[n-]c(-c3ncco3)nc2c1. The molecule has 0 spiro atoms. The fourth-order valence-electron chi connectivity index (χ4n) is 1.34. The van der Waals surface area contributed by atoms with Crippen molar-refractivity contribution in [2.45, 2.75) is 0 Å². The quantitative estimate of drug-likeness (QED) is 0.651. The first-order valence-electron chi connectivity index (χ1n) is 4.23. The molecule has 15 heavy (non-hydrogen) atoms. The smallest absolute Gasteiger partial charge is 0.217 e. The summed E-state index contributed by atoms with van der Waals surface area (Å²) in [4.78, 5) is 12.6. The zero-order valence-corrected chi connectivity index (χ0v) is 9.94. The van der Waals surface area contributed by atoms with Crippen LogP contribution in [0.3, 0.4) is 0 Å². The van der Waals surface area contributed by atoms with Crippen LogP contribution in [0.25, 0.3) is 22.7 Å². The van der Waals surface area contributed by atoms with E-state index in [9.17, 15) is 0 Å². The minimum atomic E-state index is 0. The van der Waals surface area contributed by atoms with Crippen LogP contribution < -0.4 is 4.98 Å². The van der Waals surface area contributed by atoms with Crippen LogP contribution in [0.15, 0.2) is 41.1 Å². The summed E-state index contributed by atoms with van der Waals surface area (Å²) in [5.41, 5.74) is 1.72. The molecule has 3 rings (SSSR count). The van der Waals surface area contributed by atoms with Gasteiger partial charge in [-0.2, -0.15) is 0 Å². The Bertz CT molecular complexity index is 526. The third kappa shape index (κ3) is 1.71. The predicted octanol–water partition coefficient (Wildman–Crippen LogP) is 1.84. The first kappa shape index (κ1) is 10.1. The second-order valence-electron chi connectivity index (χ2n) is 2.87.